The summed E-state index contributed by atoms with van der Waals surface area (Å²) in [5, 5.41) is 3.29. The Hall–Kier alpha value is -1.13. The highest BCUT2D eigenvalue weighted by Gasteiger charge is 2.17. The Balaban J connectivity index is 2.19. The summed E-state index contributed by atoms with van der Waals surface area (Å²) < 4.78 is 2.18. The first-order chi connectivity index (χ1) is 8.38. The predicted octanol–water partition coefficient (Wildman–Crippen LogP) is 3.31. The molecule has 0 bridgehead atoms. The Labute approximate surface area is 113 Å². The molecule has 0 aliphatic carbocycles. The molecule has 0 saturated carbocycles. The van der Waals surface area contributed by atoms with Gasteiger partial charge in [-0.1, -0.05) is 20.8 Å². The molecule has 18 heavy (non-hydrogen) atoms. The van der Waals surface area contributed by atoms with Crippen LogP contribution in [0.5, 0.6) is 0 Å². The second kappa shape index (κ2) is 4.86. The first-order valence-corrected chi connectivity index (χ1v) is 7.11. The lowest BCUT2D eigenvalue weighted by Crippen LogP contribution is -2.13. The van der Waals surface area contributed by atoms with Crippen molar-refractivity contribution in [2.24, 2.45) is 5.73 Å². The van der Waals surface area contributed by atoms with Gasteiger partial charge in [-0.3, -0.25) is 0 Å². The molecule has 98 valence electrons. The fourth-order valence-corrected chi connectivity index (χ4v) is 2.88. The maximum Gasteiger partial charge on any atom is 0.113 e. The molecule has 4 heteroatoms. The molecule has 0 aromatic carbocycles. The Morgan fingerprint density at radius 1 is 1.44 bits per heavy atom. The molecule has 0 saturated heterocycles. The number of nitrogens with zero attached hydrogens (tertiary/aromatic N) is 2. The first kappa shape index (κ1) is 13.3. The smallest absolute Gasteiger partial charge is 0.113 e. The van der Waals surface area contributed by atoms with E-state index in [4.69, 9.17) is 10.7 Å². The molecule has 0 aliphatic rings. The summed E-state index contributed by atoms with van der Waals surface area (Å²) >= 11 is 1.72. The second-order valence-corrected chi connectivity index (χ2v) is 6.67. The lowest BCUT2D eigenvalue weighted by molar-refractivity contribution is 0.568. The topological polar surface area (TPSA) is 43.8 Å². The number of rotatable bonds is 3. The van der Waals surface area contributed by atoms with Crippen molar-refractivity contribution < 1.29 is 0 Å². The lowest BCUT2D eigenvalue weighted by atomic mass is 9.93. The third-order valence-corrected chi connectivity index (χ3v) is 3.79. The van der Waals surface area contributed by atoms with Crippen LogP contribution >= 0.6 is 11.3 Å². The van der Waals surface area contributed by atoms with Gasteiger partial charge in [0.15, 0.2) is 0 Å². The van der Waals surface area contributed by atoms with Gasteiger partial charge in [-0.05, 0) is 19.1 Å². The van der Waals surface area contributed by atoms with Crippen LogP contribution in [0.4, 0.5) is 0 Å². The summed E-state index contributed by atoms with van der Waals surface area (Å²) in [4.78, 5) is 4.71. The number of hydrogen-bond donors (Lipinski definition) is 1. The van der Waals surface area contributed by atoms with Crippen LogP contribution in [-0.2, 0) is 12.0 Å². The summed E-state index contributed by atoms with van der Waals surface area (Å²) in [6.07, 6.45) is 2.07. The molecule has 0 fully saturated rings. The van der Waals surface area contributed by atoms with E-state index in [1.54, 1.807) is 11.3 Å². The fourth-order valence-electron chi connectivity index (χ4n) is 1.86. The monoisotopic (exact) mass is 263 g/mol. The van der Waals surface area contributed by atoms with Gasteiger partial charge in [0.05, 0.1) is 12.2 Å². The highest BCUT2D eigenvalue weighted by atomic mass is 32.1. The van der Waals surface area contributed by atoms with E-state index in [0.717, 1.165) is 22.9 Å². The standard InChI is InChI=1S/C14H21N3S/c1-10(15)11-6-5-7-17(11)8-13-16-12(9-18-13)14(2,3)4/h5-7,9-10H,8,15H2,1-4H3. The van der Waals surface area contributed by atoms with Gasteiger partial charge < -0.3 is 10.3 Å². The van der Waals surface area contributed by atoms with Gasteiger partial charge in [-0.2, -0.15) is 0 Å². The zero-order valence-corrected chi connectivity index (χ0v) is 12.3. The van der Waals surface area contributed by atoms with Gasteiger partial charge in [0.25, 0.3) is 0 Å². The van der Waals surface area contributed by atoms with Crippen LogP contribution in [0.2, 0.25) is 0 Å². The summed E-state index contributed by atoms with van der Waals surface area (Å²) in [5.41, 5.74) is 8.39. The van der Waals surface area contributed by atoms with E-state index in [2.05, 4.69) is 43.0 Å². The second-order valence-electron chi connectivity index (χ2n) is 5.73. The van der Waals surface area contributed by atoms with Crippen LogP contribution in [0.25, 0.3) is 0 Å². The maximum atomic E-state index is 5.95. The first-order valence-electron chi connectivity index (χ1n) is 6.23. The van der Waals surface area contributed by atoms with Gasteiger partial charge >= 0.3 is 0 Å². The van der Waals surface area contributed by atoms with E-state index in [-0.39, 0.29) is 11.5 Å². The molecule has 2 aromatic heterocycles. The maximum absolute atomic E-state index is 5.95. The van der Waals surface area contributed by atoms with Crippen LogP contribution in [-0.4, -0.2) is 9.55 Å². The van der Waals surface area contributed by atoms with Crippen molar-refractivity contribution in [3.8, 4) is 0 Å². The minimum Gasteiger partial charge on any atom is -0.343 e. The molecule has 1 unspecified atom stereocenters. The van der Waals surface area contributed by atoms with Crippen molar-refractivity contribution in [2.45, 2.75) is 45.7 Å². The summed E-state index contributed by atoms with van der Waals surface area (Å²) in [7, 11) is 0. The van der Waals surface area contributed by atoms with Gasteiger partial charge in [0, 0.05) is 28.7 Å². The van der Waals surface area contributed by atoms with E-state index in [0.29, 0.717) is 0 Å². The molecule has 2 rings (SSSR count). The van der Waals surface area contributed by atoms with E-state index in [9.17, 15) is 0 Å². The number of thiazole rings is 1. The zero-order chi connectivity index (χ0) is 13.3. The average molecular weight is 263 g/mol. The molecule has 0 radical (unpaired) electrons. The molecule has 0 amide bonds. The summed E-state index contributed by atoms with van der Waals surface area (Å²) in [6.45, 7) is 9.39. The summed E-state index contributed by atoms with van der Waals surface area (Å²) in [5.74, 6) is 0. The Kier molecular flexibility index (Phi) is 3.59. The average Bonchev–Trinajstić information content (AvgIpc) is 2.85. The molecule has 0 spiro atoms. The van der Waals surface area contributed by atoms with Crippen molar-refractivity contribution in [2.75, 3.05) is 0 Å². The normalized spacial score (nSPS) is 13.8. The van der Waals surface area contributed by atoms with E-state index in [1.807, 2.05) is 13.0 Å². The molecular weight excluding hydrogens is 242 g/mol. The van der Waals surface area contributed by atoms with Crippen LogP contribution < -0.4 is 5.73 Å². The van der Waals surface area contributed by atoms with Gasteiger partial charge in [-0.15, -0.1) is 11.3 Å². The Morgan fingerprint density at radius 2 is 2.17 bits per heavy atom. The molecule has 2 heterocycles. The van der Waals surface area contributed by atoms with Crippen LogP contribution in [0.3, 0.4) is 0 Å². The zero-order valence-electron chi connectivity index (χ0n) is 11.5. The van der Waals surface area contributed by atoms with Crippen molar-refractivity contribution in [3.63, 3.8) is 0 Å². The minimum atomic E-state index is 0.0575. The fraction of sp³-hybridized carbons (Fsp3) is 0.500. The minimum absolute atomic E-state index is 0.0575. The van der Waals surface area contributed by atoms with Gasteiger partial charge in [-0.25, -0.2) is 4.98 Å². The Bertz CT molecular complexity index is 517. The molecule has 2 N–H and O–H groups in total. The van der Waals surface area contributed by atoms with E-state index >= 15 is 0 Å². The third kappa shape index (κ3) is 2.82. The number of aromatic nitrogens is 2. The molecule has 2 aromatic rings. The number of nitrogens with two attached hydrogens (primary N) is 1. The quantitative estimate of drug-likeness (QED) is 0.923. The number of hydrogen-bond acceptors (Lipinski definition) is 3. The lowest BCUT2D eigenvalue weighted by Gasteiger charge is -2.14. The van der Waals surface area contributed by atoms with E-state index < -0.39 is 0 Å². The van der Waals surface area contributed by atoms with E-state index in [1.165, 1.54) is 0 Å². The highest BCUT2D eigenvalue weighted by molar-refractivity contribution is 7.09. The molecule has 0 aliphatic heterocycles. The predicted molar refractivity (Wildman–Crippen MR) is 77.0 cm³/mol. The van der Waals surface area contributed by atoms with Crippen LogP contribution in [0.1, 0.15) is 50.1 Å². The largest absolute Gasteiger partial charge is 0.343 e. The molecule has 3 nitrogen and oxygen atoms in total. The van der Waals surface area contributed by atoms with Crippen molar-refractivity contribution in [3.05, 3.63) is 40.1 Å². The van der Waals surface area contributed by atoms with Crippen molar-refractivity contribution >= 4 is 11.3 Å². The molecule has 1 atom stereocenters. The van der Waals surface area contributed by atoms with Crippen LogP contribution in [0, 0.1) is 0 Å². The third-order valence-electron chi connectivity index (χ3n) is 2.96. The SMILES string of the molecule is CC(N)c1cccn1Cc1nc(C(C)(C)C)cs1. The molecular formula is C14H21N3S. The van der Waals surface area contributed by atoms with Gasteiger partial charge in [0.1, 0.15) is 5.01 Å². The highest BCUT2D eigenvalue weighted by Crippen LogP contribution is 2.24. The summed E-state index contributed by atoms with van der Waals surface area (Å²) in [6, 6.07) is 4.17. The Morgan fingerprint density at radius 3 is 2.72 bits per heavy atom. The van der Waals surface area contributed by atoms with Crippen molar-refractivity contribution in [1.82, 2.24) is 9.55 Å². The van der Waals surface area contributed by atoms with Gasteiger partial charge in [0.2, 0.25) is 0 Å². The van der Waals surface area contributed by atoms with Crippen molar-refractivity contribution in [1.29, 1.82) is 0 Å². The van der Waals surface area contributed by atoms with Crippen LogP contribution in [0.15, 0.2) is 23.7 Å².